The van der Waals surface area contributed by atoms with Crippen molar-refractivity contribution >= 4 is 17.0 Å². The summed E-state index contributed by atoms with van der Waals surface area (Å²) in [6.07, 6.45) is 1.67. The number of rotatable bonds is 2. The van der Waals surface area contributed by atoms with Gasteiger partial charge in [-0.05, 0) is 19.9 Å². The third kappa shape index (κ3) is 1.51. The molecule has 3 heterocycles. The highest BCUT2D eigenvalue weighted by molar-refractivity contribution is 5.82. The van der Waals surface area contributed by atoms with Crippen LogP contribution in [-0.4, -0.2) is 29.9 Å². The maximum Gasteiger partial charge on any atom is 0.241 e. The Morgan fingerprint density at radius 1 is 1.33 bits per heavy atom. The molecule has 8 nitrogen and oxygen atoms in total. The van der Waals surface area contributed by atoms with E-state index in [1.807, 2.05) is 19.9 Å². The number of hydrazine groups is 1. The lowest BCUT2D eigenvalue weighted by molar-refractivity contribution is 0.810. The quantitative estimate of drug-likeness (QED) is 0.445. The zero-order chi connectivity index (χ0) is 12.7. The largest absolute Gasteiger partial charge is 0.292 e. The summed E-state index contributed by atoms with van der Waals surface area (Å²) in [7, 11) is 0. The van der Waals surface area contributed by atoms with Gasteiger partial charge in [0.2, 0.25) is 5.95 Å². The van der Waals surface area contributed by atoms with Crippen LogP contribution >= 0.6 is 0 Å². The molecule has 3 rings (SSSR count). The van der Waals surface area contributed by atoms with Crippen LogP contribution in [0.1, 0.15) is 11.4 Å². The molecule has 0 aromatic carbocycles. The van der Waals surface area contributed by atoms with E-state index in [0.29, 0.717) is 17.4 Å². The molecule has 0 aliphatic heterocycles. The van der Waals surface area contributed by atoms with Gasteiger partial charge in [0.25, 0.3) is 0 Å². The number of H-pyrrole nitrogens is 1. The fraction of sp³-hybridized carbons (Fsp3) is 0.200. The van der Waals surface area contributed by atoms with Gasteiger partial charge in [-0.3, -0.25) is 10.5 Å². The number of fused-ring (bicyclic) bond motifs is 1. The zero-order valence-electron chi connectivity index (χ0n) is 9.97. The Morgan fingerprint density at radius 2 is 2.17 bits per heavy atom. The van der Waals surface area contributed by atoms with Crippen LogP contribution in [0.15, 0.2) is 12.3 Å². The second kappa shape index (κ2) is 3.77. The molecule has 3 aromatic heterocycles. The molecule has 0 spiro atoms. The molecule has 0 atom stereocenters. The van der Waals surface area contributed by atoms with Crippen LogP contribution in [0.5, 0.6) is 0 Å². The molecular formula is C10H12N8. The first-order valence-electron chi connectivity index (χ1n) is 5.40. The Hall–Kier alpha value is -2.48. The fourth-order valence-corrected chi connectivity index (χ4v) is 1.89. The average Bonchev–Trinajstić information content (AvgIpc) is 2.94. The van der Waals surface area contributed by atoms with Gasteiger partial charge in [0.15, 0.2) is 11.5 Å². The minimum atomic E-state index is 0.314. The first-order chi connectivity index (χ1) is 8.69. The van der Waals surface area contributed by atoms with Crippen molar-refractivity contribution in [2.45, 2.75) is 13.8 Å². The molecule has 3 aromatic rings. The monoisotopic (exact) mass is 244 g/mol. The summed E-state index contributed by atoms with van der Waals surface area (Å²) in [6.45, 7) is 3.89. The fourth-order valence-electron chi connectivity index (χ4n) is 1.89. The number of nitrogens with two attached hydrogens (primary N) is 1. The number of aromatic nitrogens is 6. The van der Waals surface area contributed by atoms with Crippen LogP contribution in [0.3, 0.4) is 0 Å². The van der Waals surface area contributed by atoms with E-state index >= 15 is 0 Å². The molecule has 0 bridgehead atoms. The van der Waals surface area contributed by atoms with Gasteiger partial charge >= 0.3 is 0 Å². The summed E-state index contributed by atoms with van der Waals surface area (Å²) < 4.78 is 1.75. The molecule has 0 saturated heterocycles. The minimum absolute atomic E-state index is 0.314. The Morgan fingerprint density at radius 3 is 2.83 bits per heavy atom. The van der Waals surface area contributed by atoms with E-state index in [2.05, 4.69) is 30.7 Å². The van der Waals surface area contributed by atoms with Crippen molar-refractivity contribution < 1.29 is 0 Å². The summed E-state index contributed by atoms with van der Waals surface area (Å²) >= 11 is 0. The van der Waals surface area contributed by atoms with Crippen molar-refractivity contribution in [2.75, 3.05) is 5.43 Å². The zero-order valence-corrected chi connectivity index (χ0v) is 9.97. The Kier molecular flexibility index (Phi) is 2.23. The van der Waals surface area contributed by atoms with Gasteiger partial charge < -0.3 is 0 Å². The third-order valence-corrected chi connectivity index (χ3v) is 2.63. The maximum absolute atomic E-state index is 5.36. The SMILES string of the molecule is Cc1cc(C)n(-c2nc(NN)nc3[nH]ncc23)n1. The lowest BCUT2D eigenvalue weighted by Crippen LogP contribution is -2.13. The van der Waals surface area contributed by atoms with Crippen molar-refractivity contribution in [3.63, 3.8) is 0 Å². The van der Waals surface area contributed by atoms with Gasteiger partial charge in [-0.25, -0.2) is 10.5 Å². The van der Waals surface area contributed by atoms with Crippen LogP contribution in [0, 0.1) is 13.8 Å². The molecule has 0 amide bonds. The molecule has 92 valence electrons. The summed E-state index contributed by atoms with van der Waals surface area (Å²) in [4.78, 5) is 8.50. The van der Waals surface area contributed by atoms with Gasteiger partial charge in [-0.1, -0.05) is 0 Å². The van der Waals surface area contributed by atoms with E-state index in [1.54, 1.807) is 10.9 Å². The smallest absolute Gasteiger partial charge is 0.241 e. The molecule has 0 saturated carbocycles. The second-order valence-electron chi connectivity index (χ2n) is 3.99. The number of nitrogens with one attached hydrogen (secondary N) is 2. The first kappa shape index (κ1) is 10.7. The molecule has 0 fully saturated rings. The highest BCUT2D eigenvalue weighted by Crippen LogP contribution is 2.20. The average molecular weight is 244 g/mol. The van der Waals surface area contributed by atoms with E-state index in [4.69, 9.17) is 5.84 Å². The summed E-state index contributed by atoms with van der Waals surface area (Å²) in [5.41, 5.74) is 4.95. The van der Waals surface area contributed by atoms with Gasteiger partial charge in [0.1, 0.15) is 0 Å². The Balaban J connectivity index is 2.33. The van der Waals surface area contributed by atoms with Gasteiger partial charge in [0, 0.05) is 5.69 Å². The van der Waals surface area contributed by atoms with Gasteiger partial charge in [0.05, 0.1) is 17.3 Å². The molecule has 8 heteroatoms. The molecule has 18 heavy (non-hydrogen) atoms. The van der Waals surface area contributed by atoms with Crippen LogP contribution in [-0.2, 0) is 0 Å². The normalized spacial score (nSPS) is 11.1. The minimum Gasteiger partial charge on any atom is -0.292 e. The highest BCUT2D eigenvalue weighted by Gasteiger charge is 2.13. The van der Waals surface area contributed by atoms with Gasteiger partial charge in [-0.2, -0.15) is 20.2 Å². The first-order valence-corrected chi connectivity index (χ1v) is 5.40. The van der Waals surface area contributed by atoms with E-state index in [-0.39, 0.29) is 0 Å². The number of hydrogen-bond donors (Lipinski definition) is 3. The third-order valence-electron chi connectivity index (χ3n) is 2.63. The van der Waals surface area contributed by atoms with Crippen LogP contribution in [0.2, 0.25) is 0 Å². The van der Waals surface area contributed by atoms with Crippen molar-refractivity contribution in [1.29, 1.82) is 0 Å². The van der Waals surface area contributed by atoms with Gasteiger partial charge in [-0.15, -0.1) is 0 Å². The lowest BCUT2D eigenvalue weighted by Gasteiger charge is -2.06. The number of nitrogen functional groups attached to an aromatic ring is 1. The number of aryl methyl sites for hydroxylation is 2. The second-order valence-corrected chi connectivity index (χ2v) is 3.99. The van der Waals surface area contributed by atoms with Crippen molar-refractivity contribution in [2.24, 2.45) is 5.84 Å². The van der Waals surface area contributed by atoms with Crippen molar-refractivity contribution in [3.8, 4) is 5.82 Å². The van der Waals surface area contributed by atoms with Crippen LogP contribution in [0.4, 0.5) is 5.95 Å². The predicted octanol–water partition coefficient (Wildman–Crippen LogP) is 0.441. The number of aromatic amines is 1. The standard InChI is InChI=1S/C10H12N8/c1-5-3-6(2)18(17-5)9-7-4-12-16-8(7)13-10(14-9)15-11/h3-4H,11H2,1-2H3,(H2,12,13,14,15,16). The molecule has 0 radical (unpaired) electrons. The van der Waals surface area contributed by atoms with Crippen molar-refractivity contribution in [3.05, 3.63) is 23.7 Å². The molecule has 0 aliphatic carbocycles. The van der Waals surface area contributed by atoms with Crippen molar-refractivity contribution in [1.82, 2.24) is 29.9 Å². The highest BCUT2D eigenvalue weighted by atomic mass is 15.4. The Bertz CT molecular complexity index is 710. The number of anilines is 1. The topological polar surface area (TPSA) is 110 Å². The summed E-state index contributed by atoms with van der Waals surface area (Å²) in [6, 6.07) is 1.98. The van der Waals surface area contributed by atoms with E-state index < -0.39 is 0 Å². The summed E-state index contributed by atoms with van der Waals surface area (Å²) in [5.74, 6) is 6.32. The summed E-state index contributed by atoms with van der Waals surface area (Å²) in [5, 5.41) is 11.9. The molecule has 0 aliphatic rings. The van der Waals surface area contributed by atoms with Crippen LogP contribution in [0.25, 0.3) is 16.9 Å². The number of nitrogens with zero attached hydrogens (tertiary/aromatic N) is 5. The predicted molar refractivity (Wildman–Crippen MR) is 66.1 cm³/mol. The number of hydrogen-bond acceptors (Lipinski definition) is 6. The molecule has 0 unspecified atom stereocenters. The lowest BCUT2D eigenvalue weighted by atomic mass is 10.3. The van der Waals surface area contributed by atoms with E-state index in [0.717, 1.165) is 16.8 Å². The van der Waals surface area contributed by atoms with Crippen LogP contribution < -0.4 is 11.3 Å². The molecular weight excluding hydrogens is 232 g/mol. The van der Waals surface area contributed by atoms with E-state index in [1.165, 1.54) is 0 Å². The maximum atomic E-state index is 5.36. The molecule has 4 N–H and O–H groups in total. The Labute approximate surface area is 102 Å². The van der Waals surface area contributed by atoms with E-state index in [9.17, 15) is 0 Å².